The van der Waals surface area contributed by atoms with E-state index in [9.17, 15) is 10.2 Å². The van der Waals surface area contributed by atoms with Crippen LogP contribution in [0.1, 0.15) is 34.7 Å². The predicted molar refractivity (Wildman–Crippen MR) is 97.7 cm³/mol. The van der Waals surface area contributed by atoms with Crippen molar-refractivity contribution in [3.05, 3.63) is 94.5 Å². The second-order valence-electron chi connectivity index (χ2n) is 6.60. The monoisotopic (exact) mass is 318 g/mol. The lowest BCUT2D eigenvalue weighted by molar-refractivity contribution is 0.474. The van der Waals surface area contributed by atoms with Gasteiger partial charge in [0.05, 0.1) is 0 Å². The standard InChI is InChI=1S/C22H22O2/c1-15-12-16(2)14-19(13-15)22(3,17-4-8-20(23)9-5-17)18-6-10-21(24)11-7-18/h4-14,23-24H,1-3H3. The van der Waals surface area contributed by atoms with Crippen molar-refractivity contribution in [3.63, 3.8) is 0 Å². The van der Waals surface area contributed by atoms with Gasteiger partial charge in [-0.1, -0.05) is 53.6 Å². The van der Waals surface area contributed by atoms with Gasteiger partial charge in [-0.3, -0.25) is 0 Å². The van der Waals surface area contributed by atoms with E-state index in [4.69, 9.17) is 0 Å². The summed E-state index contributed by atoms with van der Waals surface area (Å²) in [4.78, 5) is 0. The van der Waals surface area contributed by atoms with Gasteiger partial charge in [-0.25, -0.2) is 0 Å². The molecule has 3 aromatic rings. The van der Waals surface area contributed by atoms with Crippen molar-refractivity contribution in [2.24, 2.45) is 0 Å². The van der Waals surface area contributed by atoms with E-state index in [1.807, 2.05) is 24.3 Å². The van der Waals surface area contributed by atoms with E-state index in [2.05, 4.69) is 39.0 Å². The van der Waals surface area contributed by atoms with E-state index in [1.54, 1.807) is 24.3 Å². The molecular formula is C22H22O2. The van der Waals surface area contributed by atoms with Crippen LogP contribution in [0.2, 0.25) is 0 Å². The van der Waals surface area contributed by atoms with Crippen LogP contribution < -0.4 is 0 Å². The first-order valence-corrected chi connectivity index (χ1v) is 8.07. The summed E-state index contributed by atoms with van der Waals surface area (Å²) in [7, 11) is 0. The molecule has 0 heterocycles. The maximum Gasteiger partial charge on any atom is 0.115 e. The van der Waals surface area contributed by atoms with Gasteiger partial charge >= 0.3 is 0 Å². The first kappa shape index (κ1) is 16.1. The molecular weight excluding hydrogens is 296 g/mol. The van der Waals surface area contributed by atoms with Gasteiger partial charge in [0.2, 0.25) is 0 Å². The summed E-state index contributed by atoms with van der Waals surface area (Å²) in [5.41, 5.74) is 5.43. The minimum atomic E-state index is -0.377. The van der Waals surface area contributed by atoms with Gasteiger partial charge < -0.3 is 10.2 Å². The molecule has 2 N–H and O–H groups in total. The molecule has 3 rings (SSSR count). The van der Waals surface area contributed by atoms with E-state index in [1.165, 1.54) is 16.7 Å². The highest BCUT2D eigenvalue weighted by molar-refractivity contribution is 5.52. The van der Waals surface area contributed by atoms with Crippen molar-refractivity contribution in [1.29, 1.82) is 0 Å². The van der Waals surface area contributed by atoms with E-state index >= 15 is 0 Å². The molecule has 0 fully saturated rings. The fourth-order valence-electron chi connectivity index (χ4n) is 3.35. The van der Waals surface area contributed by atoms with Gasteiger partial charge in [-0.05, 0) is 61.7 Å². The van der Waals surface area contributed by atoms with Crippen LogP contribution in [0.4, 0.5) is 0 Å². The van der Waals surface area contributed by atoms with Crippen LogP contribution in [0, 0.1) is 13.8 Å². The Morgan fingerprint density at radius 3 is 1.33 bits per heavy atom. The Labute approximate surface area is 143 Å². The molecule has 3 aromatic carbocycles. The van der Waals surface area contributed by atoms with E-state index < -0.39 is 0 Å². The third-order valence-corrected chi connectivity index (χ3v) is 4.69. The second-order valence-corrected chi connectivity index (χ2v) is 6.60. The zero-order chi connectivity index (χ0) is 17.3. The van der Waals surface area contributed by atoms with Gasteiger partial charge in [-0.2, -0.15) is 0 Å². The number of phenols is 2. The van der Waals surface area contributed by atoms with Crippen molar-refractivity contribution in [2.75, 3.05) is 0 Å². The topological polar surface area (TPSA) is 40.5 Å². The Morgan fingerprint density at radius 2 is 0.958 bits per heavy atom. The molecule has 2 heteroatoms. The number of aromatic hydroxyl groups is 2. The zero-order valence-electron chi connectivity index (χ0n) is 14.2. The summed E-state index contributed by atoms with van der Waals surface area (Å²) in [6.45, 7) is 6.38. The summed E-state index contributed by atoms with van der Waals surface area (Å²) in [5, 5.41) is 19.3. The molecule has 0 aliphatic heterocycles. The van der Waals surface area contributed by atoms with Gasteiger partial charge in [0.15, 0.2) is 0 Å². The number of aryl methyl sites for hydroxylation is 2. The molecule has 0 saturated carbocycles. The first-order chi connectivity index (χ1) is 11.4. The molecule has 0 aliphatic rings. The lowest BCUT2D eigenvalue weighted by atomic mass is 9.70. The molecule has 0 spiro atoms. The highest BCUT2D eigenvalue weighted by Crippen LogP contribution is 2.40. The summed E-state index contributed by atoms with van der Waals surface area (Å²) >= 11 is 0. The van der Waals surface area contributed by atoms with E-state index in [0.717, 1.165) is 11.1 Å². The Kier molecular flexibility index (Phi) is 4.06. The quantitative estimate of drug-likeness (QED) is 0.662. The van der Waals surface area contributed by atoms with Crippen molar-refractivity contribution in [1.82, 2.24) is 0 Å². The minimum absolute atomic E-state index is 0.257. The Balaban J connectivity index is 2.27. The van der Waals surface area contributed by atoms with Crippen molar-refractivity contribution in [3.8, 4) is 11.5 Å². The number of rotatable bonds is 3. The third-order valence-electron chi connectivity index (χ3n) is 4.69. The smallest absolute Gasteiger partial charge is 0.115 e. The van der Waals surface area contributed by atoms with Crippen LogP contribution in [0.5, 0.6) is 11.5 Å². The lowest BCUT2D eigenvalue weighted by Crippen LogP contribution is -2.25. The van der Waals surface area contributed by atoms with E-state index in [-0.39, 0.29) is 16.9 Å². The normalized spacial score (nSPS) is 11.5. The maximum atomic E-state index is 9.66. The Bertz CT molecular complexity index is 780. The van der Waals surface area contributed by atoms with Crippen LogP contribution >= 0.6 is 0 Å². The number of phenolic OH excluding ortho intramolecular Hbond substituents is 2. The van der Waals surface area contributed by atoms with Crippen LogP contribution in [0.25, 0.3) is 0 Å². The highest BCUT2D eigenvalue weighted by atomic mass is 16.3. The van der Waals surface area contributed by atoms with Gasteiger partial charge in [0, 0.05) is 5.41 Å². The molecule has 0 bridgehead atoms. The summed E-state index contributed by atoms with van der Waals surface area (Å²) in [6.07, 6.45) is 0. The van der Waals surface area contributed by atoms with Crippen LogP contribution in [-0.2, 0) is 5.41 Å². The van der Waals surface area contributed by atoms with Gasteiger partial charge in [-0.15, -0.1) is 0 Å². The molecule has 0 saturated heterocycles. The first-order valence-electron chi connectivity index (χ1n) is 8.07. The second kappa shape index (κ2) is 6.04. The fourth-order valence-corrected chi connectivity index (χ4v) is 3.35. The van der Waals surface area contributed by atoms with Crippen molar-refractivity contribution in [2.45, 2.75) is 26.2 Å². The molecule has 2 nitrogen and oxygen atoms in total. The average molecular weight is 318 g/mol. The molecule has 0 aliphatic carbocycles. The maximum absolute atomic E-state index is 9.66. The number of hydrogen-bond donors (Lipinski definition) is 2. The van der Waals surface area contributed by atoms with Gasteiger partial charge in [0.25, 0.3) is 0 Å². The van der Waals surface area contributed by atoms with Crippen molar-refractivity contribution < 1.29 is 10.2 Å². The number of benzene rings is 3. The summed E-state index contributed by atoms with van der Waals surface area (Å²) in [5.74, 6) is 0.513. The Hall–Kier alpha value is -2.74. The summed E-state index contributed by atoms with van der Waals surface area (Å²) in [6, 6.07) is 21.3. The van der Waals surface area contributed by atoms with Gasteiger partial charge in [0.1, 0.15) is 11.5 Å². The van der Waals surface area contributed by atoms with Crippen LogP contribution in [0.3, 0.4) is 0 Å². The van der Waals surface area contributed by atoms with Crippen molar-refractivity contribution >= 4 is 0 Å². The molecule has 0 amide bonds. The fraction of sp³-hybridized carbons (Fsp3) is 0.182. The van der Waals surface area contributed by atoms with Crippen LogP contribution in [0.15, 0.2) is 66.7 Å². The minimum Gasteiger partial charge on any atom is -0.508 e. The number of hydrogen-bond acceptors (Lipinski definition) is 2. The molecule has 0 unspecified atom stereocenters. The molecule has 0 atom stereocenters. The SMILES string of the molecule is Cc1cc(C)cc(C(C)(c2ccc(O)cc2)c2ccc(O)cc2)c1. The highest BCUT2D eigenvalue weighted by Gasteiger charge is 2.31. The predicted octanol–water partition coefficient (Wildman–Crippen LogP) is 5.07. The third kappa shape index (κ3) is 2.88. The lowest BCUT2D eigenvalue weighted by Gasteiger charge is -2.32. The molecule has 0 radical (unpaired) electrons. The zero-order valence-corrected chi connectivity index (χ0v) is 14.2. The molecule has 0 aromatic heterocycles. The largest absolute Gasteiger partial charge is 0.508 e. The summed E-state index contributed by atoms with van der Waals surface area (Å²) < 4.78 is 0. The van der Waals surface area contributed by atoms with E-state index in [0.29, 0.717) is 0 Å². The molecule has 122 valence electrons. The Morgan fingerprint density at radius 1 is 0.583 bits per heavy atom. The average Bonchev–Trinajstić information content (AvgIpc) is 2.54. The molecule has 24 heavy (non-hydrogen) atoms. The van der Waals surface area contributed by atoms with Crippen LogP contribution in [-0.4, -0.2) is 10.2 Å².